The molecule has 1 aliphatic carbocycles. The second-order valence-electron chi connectivity index (χ2n) is 5.73. The summed E-state index contributed by atoms with van der Waals surface area (Å²) >= 11 is 0. The minimum Gasteiger partial charge on any atom is -0.352 e. The van der Waals surface area contributed by atoms with Crippen LogP contribution in [0.1, 0.15) is 50.2 Å². The van der Waals surface area contributed by atoms with Gasteiger partial charge in [-0.15, -0.1) is 0 Å². The van der Waals surface area contributed by atoms with Gasteiger partial charge < -0.3 is 11.1 Å². The normalized spacial score (nSPS) is 16.1. The van der Waals surface area contributed by atoms with Crippen LogP contribution in [0.15, 0.2) is 24.3 Å². The minimum absolute atomic E-state index is 0.119. The second-order valence-corrected chi connectivity index (χ2v) is 5.73. The van der Waals surface area contributed by atoms with Crippen molar-refractivity contribution in [3.63, 3.8) is 0 Å². The van der Waals surface area contributed by atoms with Crippen molar-refractivity contribution in [2.45, 2.75) is 45.6 Å². The zero-order chi connectivity index (χ0) is 15.1. The number of benzene rings is 1. The molecule has 2 rings (SSSR count). The molecule has 0 spiro atoms. The van der Waals surface area contributed by atoms with E-state index in [9.17, 15) is 4.79 Å². The number of amides is 1. The smallest absolute Gasteiger partial charge is 0.226 e. The Morgan fingerprint density at radius 2 is 1.95 bits per heavy atom. The summed E-state index contributed by atoms with van der Waals surface area (Å²) in [5.41, 5.74) is 7.29. The van der Waals surface area contributed by atoms with E-state index in [2.05, 4.69) is 24.1 Å². The molecule has 0 atom stereocenters. The van der Waals surface area contributed by atoms with Crippen LogP contribution >= 0.6 is 0 Å². The Hall–Kier alpha value is -1.79. The second kappa shape index (κ2) is 7.28. The maximum absolute atomic E-state index is 12.4. The van der Waals surface area contributed by atoms with Gasteiger partial charge in [-0.25, -0.2) is 0 Å². The molecule has 1 amide bonds. The van der Waals surface area contributed by atoms with E-state index in [1.165, 1.54) is 12.8 Å². The fourth-order valence-corrected chi connectivity index (χ4v) is 3.02. The van der Waals surface area contributed by atoms with E-state index < -0.39 is 0 Å². The first-order chi connectivity index (χ1) is 10.2. The summed E-state index contributed by atoms with van der Waals surface area (Å²) in [5.74, 6) is 6.04. The lowest BCUT2D eigenvalue weighted by Crippen LogP contribution is -2.38. The highest BCUT2D eigenvalue weighted by Gasteiger charge is 2.38. The van der Waals surface area contributed by atoms with Crippen LogP contribution < -0.4 is 11.1 Å². The Labute approximate surface area is 127 Å². The van der Waals surface area contributed by atoms with Gasteiger partial charge in [-0.2, -0.15) is 0 Å². The predicted octanol–water partition coefficient (Wildman–Crippen LogP) is 2.58. The van der Waals surface area contributed by atoms with E-state index >= 15 is 0 Å². The molecule has 1 aliphatic rings. The van der Waals surface area contributed by atoms with Crippen LogP contribution in [-0.2, 0) is 11.3 Å². The lowest BCUT2D eigenvalue weighted by atomic mass is 9.82. The monoisotopic (exact) mass is 284 g/mol. The topological polar surface area (TPSA) is 55.1 Å². The van der Waals surface area contributed by atoms with E-state index in [1.807, 2.05) is 24.3 Å². The number of nitrogens with two attached hydrogens (primary N) is 1. The fraction of sp³-hybridized carbons (Fsp3) is 0.500. The number of carbonyl (C=O) groups excluding carboxylic acids is 1. The Kier molecular flexibility index (Phi) is 5.41. The minimum atomic E-state index is -0.119. The Morgan fingerprint density at radius 1 is 1.29 bits per heavy atom. The molecule has 0 heterocycles. The van der Waals surface area contributed by atoms with Crippen LogP contribution in [0, 0.1) is 17.3 Å². The average molecular weight is 284 g/mol. The third-order valence-corrected chi connectivity index (χ3v) is 4.46. The highest BCUT2D eigenvalue weighted by molar-refractivity contribution is 5.82. The van der Waals surface area contributed by atoms with Gasteiger partial charge in [-0.1, -0.05) is 43.7 Å². The standard InChI is InChI=1S/C18H24N2O/c1-2-18(11-3-4-12-18)17(21)20-14-16-9-7-15(8-10-16)6-5-13-19/h7-10H,2-4,11-14,19H2,1H3,(H,20,21). The average Bonchev–Trinajstić information content (AvgIpc) is 3.02. The molecule has 0 saturated heterocycles. The van der Waals surface area contributed by atoms with Gasteiger partial charge in [0, 0.05) is 17.5 Å². The molecule has 3 N–H and O–H groups in total. The summed E-state index contributed by atoms with van der Waals surface area (Å²) in [6, 6.07) is 7.95. The van der Waals surface area contributed by atoms with Crippen LogP contribution in [0.25, 0.3) is 0 Å². The summed E-state index contributed by atoms with van der Waals surface area (Å²) in [7, 11) is 0. The molecule has 0 unspecified atom stereocenters. The molecule has 1 aromatic rings. The number of hydrogen-bond acceptors (Lipinski definition) is 2. The SMILES string of the molecule is CCC1(C(=O)NCc2ccc(C#CCN)cc2)CCCC1. The zero-order valence-electron chi connectivity index (χ0n) is 12.7. The largest absolute Gasteiger partial charge is 0.352 e. The van der Waals surface area contributed by atoms with E-state index in [-0.39, 0.29) is 11.3 Å². The summed E-state index contributed by atoms with van der Waals surface area (Å²) in [5, 5.41) is 3.10. The van der Waals surface area contributed by atoms with Gasteiger partial charge in [0.25, 0.3) is 0 Å². The first-order valence-corrected chi connectivity index (χ1v) is 7.76. The zero-order valence-corrected chi connectivity index (χ0v) is 12.7. The number of nitrogens with one attached hydrogen (secondary N) is 1. The summed E-state index contributed by atoms with van der Waals surface area (Å²) < 4.78 is 0. The first-order valence-electron chi connectivity index (χ1n) is 7.76. The molecule has 1 fully saturated rings. The molecule has 0 bridgehead atoms. The van der Waals surface area contributed by atoms with Crippen LogP contribution in [-0.4, -0.2) is 12.5 Å². The quantitative estimate of drug-likeness (QED) is 0.835. The van der Waals surface area contributed by atoms with Gasteiger partial charge in [0.15, 0.2) is 0 Å². The molecule has 0 aliphatic heterocycles. The fourth-order valence-electron chi connectivity index (χ4n) is 3.02. The molecule has 0 aromatic heterocycles. The molecule has 112 valence electrons. The molecule has 3 nitrogen and oxygen atoms in total. The van der Waals surface area contributed by atoms with Gasteiger partial charge >= 0.3 is 0 Å². The van der Waals surface area contributed by atoms with Crippen molar-refractivity contribution < 1.29 is 4.79 Å². The highest BCUT2D eigenvalue weighted by Crippen LogP contribution is 2.41. The third-order valence-electron chi connectivity index (χ3n) is 4.46. The summed E-state index contributed by atoms with van der Waals surface area (Å²) in [6.07, 6.45) is 5.35. The van der Waals surface area contributed by atoms with Crippen molar-refractivity contribution in [2.24, 2.45) is 11.1 Å². The van der Waals surface area contributed by atoms with Crippen molar-refractivity contribution in [2.75, 3.05) is 6.54 Å². The van der Waals surface area contributed by atoms with Gasteiger partial charge in [0.05, 0.1) is 6.54 Å². The first kappa shape index (κ1) is 15.6. The van der Waals surface area contributed by atoms with Crippen LogP contribution in [0.3, 0.4) is 0 Å². The van der Waals surface area contributed by atoms with Crippen molar-refractivity contribution in [1.29, 1.82) is 0 Å². The van der Waals surface area contributed by atoms with E-state index in [4.69, 9.17) is 5.73 Å². The van der Waals surface area contributed by atoms with Crippen LogP contribution in [0.4, 0.5) is 0 Å². The number of hydrogen-bond donors (Lipinski definition) is 2. The van der Waals surface area contributed by atoms with E-state index in [0.717, 1.165) is 30.4 Å². The number of rotatable bonds is 4. The molecule has 0 radical (unpaired) electrons. The molecular formula is C18H24N2O. The lowest BCUT2D eigenvalue weighted by molar-refractivity contribution is -0.131. The van der Waals surface area contributed by atoms with Crippen molar-refractivity contribution in [3.8, 4) is 11.8 Å². The maximum Gasteiger partial charge on any atom is 0.226 e. The van der Waals surface area contributed by atoms with E-state index in [1.54, 1.807) is 0 Å². The number of carbonyl (C=O) groups is 1. The van der Waals surface area contributed by atoms with Crippen molar-refractivity contribution in [1.82, 2.24) is 5.32 Å². The maximum atomic E-state index is 12.4. The highest BCUT2D eigenvalue weighted by atomic mass is 16.2. The van der Waals surface area contributed by atoms with Gasteiger partial charge in [-0.3, -0.25) is 4.79 Å². The lowest BCUT2D eigenvalue weighted by Gasteiger charge is -2.26. The third kappa shape index (κ3) is 3.86. The van der Waals surface area contributed by atoms with Crippen LogP contribution in [0.2, 0.25) is 0 Å². The van der Waals surface area contributed by atoms with Crippen LogP contribution in [0.5, 0.6) is 0 Å². The van der Waals surface area contributed by atoms with Crippen molar-refractivity contribution in [3.05, 3.63) is 35.4 Å². The van der Waals surface area contributed by atoms with Gasteiger partial charge in [-0.05, 0) is 37.0 Å². The molecule has 3 heteroatoms. The summed E-state index contributed by atoms with van der Waals surface area (Å²) in [4.78, 5) is 12.4. The summed E-state index contributed by atoms with van der Waals surface area (Å²) in [6.45, 7) is 3.08. The van der Waals surface area contributed by atoms with Gasteiger partial charge in [0.2, 0.25) is 5.91 Å². The predicted molar refractivity (Wildman–Crippen MR) is 85.4 cm³/mol. The van der Waals surface area contributed by atoms with Crippen molar-refractivity contribution >= 4 is 5.91 Å². The van der Waals surface area contributed by atoms with Gasteiger partial charge in [0.1, 0.15) is 0 Å². The van der Waals surface area contributed by atoms with E-state index in [0.29, 0.717) is 13.1 Å². The molecule has 21 heavy (non-hydrogen) atoms. The molecule has 1 aromatic carbocycles. The Bertz CT molecular complexity index is 531. The molecule has 1 saturated carbocycles. The molecular weight excluding hydrogens is 260 g/mol. The Morgan fingerprint density at radius 3 is 2.52 bits per heavy atom. The Balaban J connectivity index is 1.92.